The first-order valence-corrected chi connectivity index (χ1v) is 5.25. The van der Waals surface area contributed by atoms with Crippen molar-refractivity contribution in [3.8, 4) is 0 Å². The molecular weight excluding hydrogens is 282 g/mol. The van der Waals surface area contributed by atoms with Crippen LogP contribution in [0, 0.1) is 23.3 Å². The number of nitrogens with one attached hydrogen (secondary N) is 1. The lowest BCUT2D eigenvalue weighted by Crippen LogP contribution is -2.42. The molecule has 1 N–H and O–H groups in total. The summed E-state index contributed by atoms with van der Waals surface area (Å²) >= 11 is 0. The molecule has 20 heavy (non-hydrogen) atoms. The van der Waals surface area contributed by atoms with Crippen molar-refractivity contribution in [1.29, 1.82) is 0 Å². The zero-order valence-corrected chi connectivity index (χ0v) is 10.8. The molecule has 9 heteroatoms. The second kappa shape index (κ2) is 5.76. The van der Waals surface area contributed by atoms with Crippen molar-refractivity contribution in [2.45, 2.75) is 0 Å². The molecule has 1 rings (SSSR count). The van der Waals surface area contributed by atoms with Gasteiger partial charge in [-0.15, -0.1) is 0 Å². The number of imide groups is 1. The van der Waals surface area contributed by atoms with Gasteiger partial charge < -0.3 is 10.2 Å². The predicted molar refractivity (Wildman–Crippen MR) is 62.1 cm³/mol. The summed E-state index contributed by atoms with van der Waals surface area (Å²) in [7, 11) is 3.72. The standard InChI is InChI=1S/C11H11F4N3O2/c1-17(2)11(20)18(3)10(19)16-9-7(14)5(12)4-6(13)8(9)15/h4H,1-3H3,(H,16,19). The topological polar surface area (TPSA) is 52.7 Å². The zero-order chi connectivity index (χ0) is 15.6. The van der Waals surface area contributed by atoms with Crippen molar-refractivity contribution in [3.05, 3.63) is 29.3 Å². The number of hydrogen-bond acceptors (Lipinski definition) is 2. The van der Waals surface area contributed by atoms with Gasteiger partial charge in [0, 0.05) is 27.2 Å². The van der Waals surface area contributed by atoms with E-state index < -0.39 is 41.0 Å². The van der Waals surface area contributed by atoms with Gasteiger partial charge in [-0.3, -0.25) is 0 Å². The second-order valence-electron chi connectivity index (χ2n) is 4.01. The number of halogens is 4. The van der Waals surface area contributed by atoms with Crippen LogP contribution in [0.3, 0.4) is 0 Å². The summed E-state index contributed by atoms with van der Waals surface area (Å²) in [6, 6.07) is -2.03. The maximum atomic E-state index is 13.3. The van der Waals surface area contributed by atoms with E-state index in [1.54, 1.807) is 5.32 Å². The van der Waals surface area contributed by atoms with Crippen molar-refractivity contribution in [2.24, 2.45) is 0 Å². The molecule has 1 aromatic rings. The smallest absolute Gasteiger partial charge is 0.329 e. The molecule has 0 saturated heterocycles. The largest absolute Gasteiger partial charge is 0.330 e. The average molecular weight is 293 g/mol. The first-order valence-electron chi connectivity index (χ1n) is 5.25. The van der Waals surface area contributed by atoms with E-state index in [1.807, 2.05) is 0 Å². The van der Waals surface area contributed by atoms with Crippen molar-refractivity contribution >= 4 is 17.7 Å². The highest BCUT2D eigenvalue weighted by Crippen LogP contribution is 2.24. The minimum Gasteiger partial charge on any atom is -0.330 e. The highest BCUT2D eigenvalue weighted by atomic mass is 19.2. The first-order chi connectivity index (χ1) is 9.16. The fraction of sp³-hybridized carbons (Fsp3) is 0.273. The number of amides is 4. The van der Waals surface area contributed by atoms with Crippen LogP contribution in [0.4, 0.5) is 32.8 Å². The number of nitrogens with zero attached hydrogens (tertiary/aromatic N) is 2. The number of rotatable bonds is 1. The van der Waals surface area contributed by atoms with Gasteiger partial charge in [0.15, 0.2) is 23.3 Å². The summed E-state index contributed by atoms with van der Waals surface area (Å²) in [5.74, 6) is -6.85. The lowest BCUT2D eigenvalue weighted by atomic mass is 10.2. The Hall–Kier alpha value is -2.32. The van der Waals surface area contributed by atoms with Crippen molar-refractivity contribution < 1.29 is 27.2 Å². The van der Waals surface area contributed by atoms with Gasteiger partial charge in [-0.1, -0.05) is 0 Å². The monoisotopic (exact) mass is 293 g/mol. The highest BCUT2D eigenvalue weighted by Gasteiger charge is 2.24. The molecule has 1 aromatic carbocycles. The fourth-order valence-corrected chi connectivity index (χ4v) is 1.26. The molecule has 0 fully saturated rings. The Kier molecular flexibility index (Phi) is 4.53. The molecule has 0 aromatic heterocycles. The molecule has 0 radical (unpaired) electrons. The van der Waals surface area contributed by atoms with Gasteiger partial charge in [-0.05, 0) is 0 Å². The molecule has 0 heterocycles. The molecule has 0 aliphatic rings. The Balaban J connectivity index is 3.06. The zero-order valence-electron chi connectivity index (χ0n) is 10.8. The van der Waals surface area contributed by atoms with Crippen LogP contribution in [-0.2, 0) is 0 Å². The number of carbonyl (C=O) groups is 2. The van der Waals surface area contributed by atoms with Gasteiger partial charge in [0.25, 0.3) is 0 Å². The minimum atomic E-state index is -1.76. The molecule has 4 amide bonds. The Morgan fingerprint density at radius 1 is 1.00 bits per heavy atom. The van der Waals surface area contributed by atoms with Gasteiger partial charge in [0.1, 0.15) is 5.69 Å². The lowest BCUT2D eigenvalue weighted by Gasteiger charge is -2.20. The van der Waals surface area contributed by atoms with Crippen LogP contribution in [-0.4, -0.2) is 43.0 Å². The van der Waals surface area contributed by atoms with E-state index in [2.05, 4.69) is 0 Å². The number of carbonyl (C=O) groups excluding carboxylic acids is 2. The Morgan fingerprint density at radius 2 is 1.45 bits per heavy atom. The summed E-state index contributed by atoms with van der Waals surface area (Å²) in [5, 5.41) is 1.61. The number of benzene rings is 1. The summed E-state index contributed by atoms with van der Waals surface area (Å²) < 4.78 is 52.5. The third kappa shape index (κ3) is 2.98. The molecule has 0 spiro atoms. The van der Waals surface area contributed by atoms with Gasteiger partial charge in [-0.2, -0.15) is 0 Å². The van der Waals surface area contributed by atoms with E-state index >= 15 is 0 Å². The van der Waals surface area contributed by atoms with Crippen molar-refractivity contribution in [2.75, 3.05) is 26.5 Å². The van der Waals surface area contributed by atoms with Crippen molar-refractivity contribution in [3.63, 3.8) is 0 Å². The van der Waals surface area contributed by atoms with Crippen LogP contribution in [0.25, 0.3) is 0 Å². The van der Waals surface area contributed by atoms with Crippen molar-refractivity contribution in [1.82, 2.24) is 9.80 Å². The minimum absolute atomic E-state index is 0.00894. The molecule has 0 unspecified atom stereocenters. The van der Waals surface area contributed by atoms with Crippen LogP contribution in [0.5, 0.6) is 0 Å². The van der Waals surface area contributed by atoms with E-state index in [-0.39, 0.29) is 6.07 Å². The normalized spacial score (nSPS) is 10.2. The Morgan fingerprint density at radius 3 is 1.85 bits per heavy atom. The van der Waals surface area contributed by atoms with Gasteiger partial charge in [0.2, 0.25) is 0 Å². The van der Waals surface area contributed by atoms with Crippen LogP contribution < -0.4 is 5.32 Å². The molecule has 0 atom stereocenters. The second-order valence-corrected chi connectivity index (χ2v) is 4.01. The molecule has 0 aliphatic carbocycles. The lowest BCUT2D eigenvalue weighted by molar-refractivity contribution is 0.182. The highest BCUT2D eigenvalue weighted by molar-refractivity contribution is 6.00. The molecule has 110 valence electrons. The van der Waals surface area contributed by atoms with E-state index in [1.165, 1.54) is 14.1 Å². The van der Waals surface area contributed by atoms with Gasteiger partial charge >= 0.3 is 12.1 Å². The van der Waals surface area contributed by atoms with Crippen LogP contribution in [0.1, 0.15) is 0 Å². The molecule has 0 saturated carbocycles. The summed E-state index contributed by atoms with van der Waals surface area (Å²) in [5.41, 5.74) is -1.30. The third-order valence-corrected chi connectivity index (χ3v) is 2.32. The third-order valence-electron chi connectivity index (χ3n) is 2.32. The molecular formula is C11H11F4N3O2. The molecule has 0 bridgehead atoms. The predicted octanol–water partition coefficient (Wildman–Crippen LogP) is 2.39. The SMILES string of the molecule is CN(C)C(=O)N(C)C(=O)Nc1c(F)c(F)cc(F)c1F. The fourth-order valence-electron chi connectivity index (χ4n) is 1.26. The van der Waals surface area contributed by atoms with E-state index in [4.69, 9.17) is 0 Å². The summed E-state index contributed by atoms with van der Waals surface area (Å²) in [6.07, 6.45) is 0. The maximum Gasteiger partial charge on any atom is 0.329 e. The molecule has 5 nitrogen and oxygen atoms in total. The van der Waals surface area contributed by atoms with E-state index in [9.17, 15) is 27.2 Å². The van der Waals surface area contributed by atoms with E-state index in [0.29, 0.717) is 4.90 Å². The Labute approximate surface area is 111 Å². The number of urea groups is 2. The van der Waals surface area contributed by atoms with Gasteiger partial charge in [0.05, 0.1) is 0 Å². The quantitative estimate of drug-likeness (QED) is 0.638. The van der Waals surface area contributed by atoms with E-state index in [0.717, 1.165) is 11.9 Å². The van der Waals surface area contributed by atoms with Gasteiger partial charge in [-0.25, -0.2) is 32.1 Å². The summed E-state index contributed by atoms with van der Waals surface area (Å²) in [4.78, 5) is 24.5. The maximum absolute atomic E-state index is 13.3. The Bertz CT molecular complexity index is 537. The van der Waals surface area contributed by atoms with Crippen LogP contribution in [0.15, 0.2) is 6.07 Å². The van der Waals surface area contributed by atoms with Crippen LogP contribution in [0.2, 0.25) is 0 Å². The summed E-state index contributed by atoms with van der Waals surface area (Å²) in [6.45, 7) is 0. The average Bonchev–Trinajstić information content (AvgIpc) is 2.39. The molecule has 0 aliphatic heterocycles. The first kappa shape index (κ1) is 15.7. The number of hydrogen-bond donors (Lipinski definition) is 1. The van der Waals surface area contributed by atoms with Crippen LogP contribution >= 0.6 is 0 Å². The number of anilines is 1.